The monoisotopic (exact) mass is 366 g/mol. The molecule has 2 N–H and O–H groups in total. The van der Waals surface area contributed by atoms with Crippen LogP contribution in [0.3, 0.4) is 0 Å². The Labute approximate surface area is 147 Å². The van der Waals surface area contributed by atoms with E-state index in [-0.39, 0.29) is 18.3 Å². The van der Waals surface area contributed by atoms with Gasteiger partial charge in [-0.15, -0.1) is 11.3 Å². The molecule has 4 rings (SSSR count). The molecule has 0 radical (unpaired) electrons. The van der Waals surface area contributed by atoms with Gasteiger partial charge in [-0.3, -0.25) is 4.79 Å². The lowest BCUT2D eigenvalue weighted by molar-refractivity contribution is 0.0785. The average molecular weight is 367 g/mol. The Bertz CT molecular complexity index is 881. The molecule has 2 aromatic rings. The molecule has 6 nitrogen and oxygen atoms in total. The summed E-state index contributed by atoms with van der Waals surface area (Å²) in [5.74, 6) is 0.0310. The van der Waals surface area contributed by atoms with Crippen LogP contribution in [-0.4, -0.2) is 47.2 Å². The number of thiophene rings is 1. The minimum absolute atomic E-state index is 0.155. The van der Waals surface area contributed by atoms with Crippen LogP contribution in [0.15, 0.2) is 12.1 Å². The summed E-state index contributed by atoms with van der Waals surface area (Å²) in [6.45, 7) is 3.03. The number of cyclic esters (lactones) is 1. The maximum Gasteiger partial charge on any atom is 0.407 e. The van der Waals surface area contributed by atoms with E-state index in [1.165, 1.54) is 11.3 Å². The van der Waals surface area contributed by atoms with Crippen molar-refractivity contribution >= 4 is 45.0 Å². The highest BCUT2D eigenvalue weighted by molar-refractivity contribution is 7.21. The van der Waals surface area contributed by atoms with Crippen molar-refractivity contribution in [2.24, 2.45) is 0 Å². The molecule has 1 aromatic carbocycles. The number of ether oxygens (including phenoxy) is 1. The van der Waals surface area contributed by atoms with Gasteiger partial charge in [0.05, 0.1) is 10.6 Å². The summed E-state index contributed by atoms with van der Waals surface area (Å²) >= 11 is 7.71. The van der Waals surface area contributed by atoms with Gasteiger partial charge in [0.25, 0.3) is 5.91 Å². The Morgan fingerprint density at radius 3 is 3.00 bits per heavy atom. The van der Waals surface area contributed by atoms with E-state index in [1.807, 2.05) is 0 Å². The third-order valence-electron chi connectivity index (χ3n) is 4.70. The number of aromatic hydroxyl groups is 1. The fraction of sp³-hybridized carbons (Fsp3) is 0.375. The molecule has 0 aliphatic carbocycles. The highest BCUT2D eigenvalue weighted by Gasteiger charge is 2.46. The molecule has 1 unspecified atom stereocenters. The molecule has 2 amide bonds. The van der Waals surface area contributed by atoms with Crippen LogP contribution in [-0.2, 0) is 4.74 Å². The van der Waals surface area contributed by atoms with Crippen molar-refractivity contribution in [3.05, 3.63) is 27.6 Å². The van der Waals surface area contributed by atoms with Crippen LogP contribution >= 0.6 is 22.9 Å². The van der Waals surface area contributed by atoms with Crippen molar-refractivity contribution < 1.29 is 19.4 Å². The number of alkyl carbamates (subject to hydrolysis) is 1. The molecule has 1 aromatic heterocycles. The van der Waals surface area contributed by atoms with Crippen LogP contribution in [0.4, 0.5) is 4.79 Å². The predicted octanol–water partition coefficient (Wildman–Crippen LogP) is 2.89. The fourth-order valence-corrected chi connectivity index (χ4v) is 4.86. The number of rotatable bonds is 1. The van der Waals surface area contributed by atoms with Gasteiger partial charge >= 0.3 is 6.09 Å². The van der Waals surface area contributed by atoms with Gasteiger partial charge in [0.2, 0.25) is 0 Å². The van der Waals surface area contributed by atoms with Crippen LogP contribution in [0, 0.1) is 6.92 Å². The SMILES string of the molecule is Cc1c(O)ccc2c(Cl)c(C(=O)N3CCC4(COC(=O)N4)C3)sc12. The molecule has 0 bridgehead atoms. The largest absolute Gasteiger partial charge is 0.508 e. The number of carbonyl (C=O) groups excluding carboxylic acids is 2. The van der Waals surface area contributed by atoms with E-state index in [4.69, 9.17) is 16.3 Å². The van der Waals surface area contributed by atoms with E-state index in [0.717, 1.165) is 10.1 Å². The summed E-state index contributed by atoms with van der Waals surface area (Å²) in [6.07, 6.45) is 0.225. The Hall–Kier alpha value is -1.99. The van der Waals surface area contributed by atoms with E-state index in [0.29, 0.717) is 35.0 Å². The molecule has 1 spiro atoms. The van der Waals surface area contributed by atoms with Crippen molar-refractivity contribution in [1.82, 2.24) is 10.2 Å². The minimum atomic E-state index is -0.482. The van der Waals surface area contributed by atoms with Gasteiger partial charge in [-0.25, -0.2) is 4.79 Å². The Morgan fingerprint density at radius 2 is 2.29 bits per heavy atom. The highest BCUT2D eigenvalue weighted by atomic mass is 35.5. The maximum atomic E-state index is 12.9. The summed E-state index contributed by atoms with van der Waals surface area (Å²) in [5, 5.41) is 13.8. The lowest BCUT2D eigenvalue weighted by Crippen LogP contribution is -2.46. The number of hydrogen-bond acceptors (Lipinski definition) is 5. The van der Waals surface area contributed by atoms with Gasteiger partial charge in [0, 0.05) is 28.7 Å². The summed E-state index contributed by atoms with van der Waals surface area (Å²) < 4.78 is 5.80. The van der Waals surface area contributed by atoms with Crippen LogP contribution < -0.4 is 5.32 Å². The summed E-state index contributed by atoms with van der Waals surface area (Å²) in [5.41, 5.74) is 0.233. The van der Waals surface area contributed by atoms with Crippen LogP contribution in [0.1, 0.15) is 21.7 Å². The van der Waals surface area contributed by atoms with E-state index in [1.54, 1.807) is 24.0 Å². The summed E-state index contributed by atoms with van der Waals surface area (Å²) in [6, 6.07) is 3.31. The molecule has 3 heterocycles. The Balaban J connectivity index is 1.66. The lowest BCUT2D eigenvalue weighted by Gasteiger charge is -2.21. The zero-order valence-corrected chi connectivity index (χ0v) is 14.5. The van der Waals surface area contributed by atoms with Crippen molar-refractivity contribution in [3.8, 4) is 5.75 Å². The summed E-state index contributed by atoms with van der Waals surface area (Å²) in [4.78, 5) is 26.4. The first kappa shape index (κ1) is 15.5. The number of fused-ring (bicyclic) bond motifs is 1. The molecular formula is C16H15ClN2O4S. The predicted molar refractivity (Wildman–Crippen MR) is 91.0 cm³/mol. The standard InChI is InChI=1S/C16H15ClN2O4S/c1-8-10(20)3-2-9-11(17)13(24-12(8)9)14(21)19-5-4-16(6-19)7-23-15(22)18-16/h2-3,20H,4-7H2,1H3,(H,18,22). The lowest BCUT2D eigenvalue weighted by atomic mass is 10.0. The second kappa shape index (κ2) is 5.26. The van der Waals surface area contributed by atoms with Crippen molar-refractivity contribution in [1.29, 1.82) is 0 Å². The van der Waals surface area contributed by atoms with Gasteiger partial charge in [-0.05, 0) is 25.5 Å². The molecule has 1 atom stereocenters. The van der Waals surface area contributed by atoms with Crippen molar-refractivity contribution in [2.75, 3.05) is 19.7 Å². The first-order chi connectivity index (χ1) is 11.4. The normalized spacial score (nSPS) is 23.1. The molecule has 2 aliphatic rings. The number of likely N-dealkylation sites (tertiary alicyclic amines) is 1. The van der Waals surface area contributed by atoms with Gasteiger partial charge in [0.15, 0.2) is 0 Å². The number of amides is 2. The number of phenolic OH excluding ortho intramolecular Hbond substituents is 1. The number of nitrogens with zero attached hydrogens (tertiary/aromatic N) is 1. The molecule has 2 fully saturated rings. The fourth-order valence-electron chi connectivity index (χ4n) is 3.29. The Kier molecular flexibility index (Phi) is 3.40. The van der Waals surface area contributed by atoms with E-state index >= 15 is 0 Å². The molecule has 2 saturated heterocycles. The number of nitrogens with one attached hydrogen (secondary N) is 1. The molecule has 8 heteroatoms. The van der Waals surface area contributed by atoms with Crippen LogP contribution in [0.2, 0.25) is 5.02 Å². The van der Waals surface area contributed by atoms with Crippen molar-refractivity contribution in [3.63, 3.8) is 0 Å². The second-order valence-electron chi connectivity index (χ2n) is 6.29. The zero-order chi connectivity index (χ0) is 17.1. The van der Waals surface area contributed by atoms with Gasteiger partial charge in [-0.1, -0.05) is 11.6 Å². The third kappa shape index (κ3) is 2.22. The molecular weight excluding hydrogens is 352 g/mol. The number of carbonyl (C=O) groups is 2. The van der Waals surface area contributed by atoms with E-state index in [2.05, 4.69) is 5.32 Å². The smallest absolute Gasteiger partial charge is 0.407 e. The van der Waals surface area contributed by atoms with Gasteiger partial charge in [-0.2, -0.15) is 0 Å². The highest BCUT2D eigenvalue weighted by Crippen LogP contribution is 2.41. The van der Waals surface area contributed by atoms with Crippen molar-refractivity contribution in [2.45, 2.75) is 18.9 Å². The summed E-state index contributed by atoms with van der Waals surface area (Å²) in [7, 11) is 0. The second-order valence-corrected chi connectivity index (χ2v) is 7.69. The number of halogens is 1. The van der Waals surface area contributed by atoms with Gasteiger partial charge < -0.3 is 20.1 Å². The molecule has 2 aliphatic heterocycles. The molecule has 0 saturated carbocycles. The topological polar surface area (TPSA) is 78.9 Å². The van der Waals surface area contributed by atoms with E-state index in [9.17, 15) is 14.7 Å². The average Bonchev–Trinajstić information content (AvgIpc) is 3.22. The van der Waals surface area contributed by atoms with E-state index < -0.39 is 11.6 Å². The number of phenols is 1. The first-order valence-corrected chi connectivity index (χ1v) is 8.74. The number of aryl methyl sites for hydroxylation is 1. The maximum absolute atomic E-state index is 12.9. The van der Waals surface area contributed by atoms with Crippen LogP contribution in [0.5, 0.6) is 5.75 Å². The number of benzene rings is 1. The molecule has 24 heavy (non-hydrogen) atoms. The molecule has 126 valence electrons. The van der Waals surface area contributed by atoms with Crippen LogP contribution in [0.25, 0.3) is 10.1 Å². The number of hydrogen-bond donors (Lipinski definition) is 2. The zero-order valence-electron chi connectivity index (χ0n) is 12.9. The van der Waals surface area contributed by atoms with Gasteiger partial charge in [0.1, 0.15) is 17.2 Å². The third-order valence-corrected chi connectivity index (χ3v) is 6.52. The first-order valence-electron chi connectivity index (χ1n) is 7.55. The quantitative estimate of drug-likeness (QED) is 0.813. The minimum Gasteiger partial charge on any atom is -0.508 e. The Morgan fingerprint density at radius 1 is 1.50 bits per heavy atom.